The summed E-state index contributed by atoms with van der Waals surface area (Å²) in [4.78, 5) is 26.6. The third-order valence-corrected chi connectivity index (χ3v) is 5.11. The highest BCUT2D eigenvalue weighted by molar-refractivity contribution is 6.09. The summed E-state index contributed by atoms with van der Waals surface area (Å²) in [7, 11) is 0. The Labute approximate surface area is 116 Å². The number of rotatable bonds is 1. The normalized spacial score (nSPS) is 35.1. The van der Waals surface area contributed by atoms with Crippen molar-refractivity contribution in [2.45, 2.75) is 24.3 Å². The maximum Gasteiger partial charge on any atom is 0.309 e. The summed E-state index contributed by atoms with van der Waals surface area (Å²) in [5.74, 6) is -1.65. The number of aliphatic carboxylic acids is 1. The number of nitrogens with zero attached hydrogens (tertiary/aromatic N) is 1. The first-order chi connectivity index (χ1) is 9.64. The molecule has 3 heterocycles. The van der Waals surface area contributed by atoms with Crippen molar-refractivity contribution in [2.24, 2.45) is 5.92 Å². The van der Waals surface area contributed by atoms with E-state index < -0.39 is 17.3 Å². The highest BCUT2D eigenvalue weighted by Gasteiger charge is 2.64. The summed E-state index contributed by atoms with van der Waals surface area (Å²) in [5.41, 5.74) is 0.713. The van der Waals surface area contributed by atoms with Gasteiger partial charge in [-0.1, -0.05) is 18.2 Å². The molecule has 0 radical (unpaired) electrons. The van der Waals surface area contributed by atoms with Crippen molar-refractivity contribution in [3.05, 3.63) is 29.8 Å². The molecular weight excluding hydrogens is 256 g/mol. The summed E-state index contributed by atoms with van der Waals surface area (Å²) in [6.07, 6.45) is 1.89. The van der Waals surface area contributed by atoms with Crippen molar-refractivity contribution in [3.63, 3.8) is 0 Å². The number of benzene rings is 1. The number of nitrogens with one attached hydrogen (secondary N) is 1. The Kier molecular flexibility index (Phi) is 2.27. The Morgan fingerprint density at radius 2 is 2.20 bits per heavy atom. The van der Waals surface area contributed by atoms with Gasteiger partial charge in [0, 0.05) is 18.3 Å². The van der Waals surface area contributed by atoms with Crippen molar-refractivity contribution >= 4 is 17.6 Å². The van der Waals surface area contributed by atoms with E-state index in [1.54, 1.807) is 0 Å². The van der Waals surface area contributed by atoms with Crippen LogP contribution in [0, 0.1) is 5.92 Å². The van der Waals surface area contributed by atoms with Crippen LogP contribution >= 0.6 is 0 Å². The Morgan fingerprint density at radius 3 is 3.00 bits per heavy atom. The van der Waals surface area contributed by atoms with Gasteiger partial charge in [0.2, 0.25) is 5.91 Å². The second-order valence-corrected chi connectivity index (χ2v) is 5.97. The van der Waals surface area contributed by atoms with E-state index in [-0.39, 0.29) is 11.9 Å². The minimum atomic E-state index is -0.909. The fourth-order valence-corrected chi connectivity index (χ4v) is 4.35. The molecule has 1 aromatic rings. The average molecular weight is 272 g/mol. The molecule has 0 aliphatic carbocycles. The molecule has 5 nitrogen and oxygen atoms in total. The van der Waals surface area contributed by atoms with Crippen LogP contribution in [0.2, 0.25) is 0 Å². The van der Waals surface area contributed by atoms with Crippen molar-refractivity contribution in [1.82, 2.24) is 4.90 Å². The van der Waals surface area contributed by atoms with Gasteiger partial charge in [-0.3, -0.25) is 14.5 Å². The number of anilines is 1. The zero-order valence-electron chi connectivity index (χ0n) is 11.0. The predicted octanol–water partition coefficient (Wildman–Crippen LogP) is 1.06. The van der Waals surface area contributed by atoms with Crippen LogP contribution in [0.1, 0.15) is 18.4 Å². The fraction of sp³-hybridized carbons (Fsp3) is 0.467. The van der Waals surface area contributed by atoms with Crippen LogP contribution in [-0.4, -0.2) is 41.0 Å². The predicted molar refractivity (Wildman–Crippen MR) is 72.5 cm³/mol. The molecule has 0 unspecified atom stereocenters. The molecule has 1 amide bonds. The van der Waals surface area contributed by atoms with Crippen LogP contribution in [0.5, 0.6) is 0 Å². The average Bonchev–Trinajstić information content (AvgIpc) is 3.03. The molecular formula is C15H16N2O3. The van der Waals surface area contributed by atoms with Gasteiger partial charge in [-0.15, -0.1) is 0 Å². The highest BCUT2D eigenvalue weighted by atomic mass is 16.4. The third-order valence-electron chi connectivity index (χ3n) is 5.11. The Hall–Kier alpha value is -1.88. The van der Waals surface area contributed by atoms with Gasteiger partial charge in [0.05, 0.1) is 5.92 Å². The lowest BCUT2D eigenvalue weighted by molar-refractivity contribution is -0.146. The van der Waals surface area contributed by atoms with E-state index in [0.29, 0.717) is 6.54 Å². The van der Waals surface area contributed by atoms with Crippen LogP contribution in [0.25, 0.3) is 0 Å². The van der Waals surface area contributed by atoms with Gasteiger partial charge < -0.3 is 10.4 Å². The van der Waals surface area contributed by atoms with E-state index in [1.807, 2.05) is 24.3 Å². The van der Waals surface area contributed by atoms with Crippen LogP contribution < -0.4 is 5.32 Å². The molecule has 0 bridgehead atoms. The van der Waals surface area contributed by atoms with Gasteiger partial charge in [-0.2, -0.15) is 0 Å². The quantitative estimate of drug-likeness (QED) is 0.802. The second kappa shape index (κ2) is 3.82. The molecule has 2 saturated heterocycles. The zero-order valence-corrected chi connectivity index (χ0v) is 11.0. The van der Waals surface area contributed by atoms with Crippen LogP contribution in [-0.2, 0) is 15.0 Å². The topological polar surface area (TPSA) is 69.6 Å². The Bertz CT molecular complexity index is 615. The summed E-state index contributed by atoms with van der Waals surface area (Å²) in [6.45, 7) is 1.42. The van der Waals surface area contributed by atoms with E-state index >= 15 is 0 Å². The van der Waals surface area contributed by atoms with Crippen molar-refractivity contribution in [1.29, 1.82) is 0 Å². The smallest absolute Gasteiger partial charge is 0.309 e. The number of hydrogen-bond donors (Lipinski definition) is 2. The molecule has 2 N–H and O–H groups in total. The van der Waals surface area contributed by atoms with Gasteiger partial charge in [-0.05, 0) is 31.0 Å². The minimum absolute atomic E-state index is 0.00981. The third kappa shape index (κ3) is 1.26. The van der Waals surface area contributed by atoms with Gasteiger partial charge in [-0.25, -0.2) is 0 Å². The largest absolute Gasteiger partial charge is 0.481 e. The molecule has 3 aliphatic rings. The molecule has 4 rings (SSSR count). The summed E-state index contributed by atoms with van der Waals surface area (Å²) < 4.78 is 0. The van der Waals surface area contributed by atoms with Crippen molar-refractivity contribution in [3.8, 4) is 0 Å². The fourth-order valence-electron chi connectivity index (χ4n) is 4.35. The monoisotopic (exact) mass is 272 g/mol. The molecule has 0 saturated carbocycles. The number of carboxylic acid groups (broad SMARTS) is 1. The second-order valence-electron chi connectivity index (χ2n) is 5.97. The van der Waals surface area contributed by atoms with Gasteiger partial charge >= 0.3 is 5.97 Å². The van der Waals surface area contributed by atoms with Crippen LogP contribution in [0.15, 0.2) is 24.3 Å². The lowest BCUT2D eigenvalue weighted by Gasteiger charge is -2.27. The van der Waals surface area contributed by atoms with E-state index in [1.165, 1.54) is 0 Å². The van der Waals surface area contributed by atoms with Crippen LogP contribution in [0.4, 0.5) is 5.69 Å². The van der Waals surface area contributed by atoms with Crippen molar-refractivity contribution < 1.29 is 14.7 Å². The molecule has 5 heteroatoms. The van der Waals surface area contributed by atoms with Crippen LogP contribution in [0.3, 0.4) is 0 Å². The van der Waals surface area contributed by atoms with Gasteiger partial charge in [0.1, 0.15) is 5.41 Å². The maximum absolute atomic E-state index is 12.6. The Morgan fingerprint density at radius 1 is 1.40 bits per heavy atom. The molecule has 1 aromatic carbocycles. The van der Waals surface area contributed by atoms with E-state index in [9.17, 15) is 14.7 Å². The first-order valence-corrected chi connectivity index (χ1v) is 7.02. The van der Waals surface area contributed by atoms with E-state index in [4.69, 9.17) is 0 Å². The summed E-state index contributed by atoms with van der Waals surface area (Å²) in [5, 5.41) is 12.6. The number of carboxylic acids is 1. The van der Waals surface area contributed by atoms with Crippen molar-refractivity contribution in [2.75, 3.05) is 18.4 Å². The lowest BCUT2D eigenvalue weighted by atomic mass is 9.70. The summed E-state index contributed by atoms with van der Waals surface area (Å²) in [6, 6.07) is 7.48. The molecule has 0 aromatic heterocycles. The first kappa shape index (κ1) is 11.9. The number of fused-ring (bicyclic) bond motifs is 3. The molecule has 2 fully saturated rings. The molecule has 3 aliphatic heterocycles. The Balaban J connectivity index is 1.91. The number of para-hydroxylation sites is 1. The lowest BCUT2D eigenvalue weighted by Crippen LogP contribution is -2.46. The van der Waals surface area contributed by atoms with E-state index in [2.05, 4.69) is 10.2 Å². The zero-order chi connectivity index (χ0) is 13.9. The molecule has 104 valence electrons. The number of carbonyl (C=O) groups is 2. The standard InChI is InChI=1S/C15H16N2O3/c18-13(19)12-11-6-3-7-17(11)8-15(12)9-4-1-2-5-10(9)16-14(15)20/h1-2,4-5,11-12H,3,6-8H2,(H,16,20)(H,18,19)/t11-,12-,15-/m0/s1. The van der Waals surface area contributed by atoms with E-state index in [0.717, 1.165) is 30.6 Å². The molecule has 20 heavy (non-hydrogen) atoms. The number of amides is 1. The molecule has 1 spiro atoms. The molecule has 3 atom stereocenters. The SMILES string of the molecule is O=C(O)[C@@H]1[C@@H]2CCCN2C[C@@]12C(=O)Nc1ccccc12. The minimum Gasteiger partial charge on any atom is -0.481 e. The van der Waals surface area contributed by atoms with Gasteiger partial charge in [0.25, 0.3) is 0 Å². The maximum atomic E-state index is 12.6. The highest BCUT2D eigenvalue weighted by Crippen LogP contribution is 2.52. The number of hydrogen-bond acceptors (Lipinski definition) is 3. The summed E-state index contributed by atoms with van der Waals surface area (Å²) >= 11 is 0. The first-order valence-electron chi connectivity index (χ1n) is 7.02. The van der Waals surface area contributed by atoms with Gasteiger partial charge in [0.15, 0.2) is 0 Å². The number of carbonyl (C=O) groups excluding carboxylic acids is 1.